The molecule has 214 valence electrons. The molecule has 0 aliphatic rings. The van der Waals surface area contributed by atoms with Gasteiger partial charge < -0.3 is 18.9 Å². The Hall–Kier alpha value is -4.19. The Morgan fingerprint density at radius 2 is 1.27 bits per heavy atom. The SMILES string of the molecule is CC(C)OC(=O)C(C)C(CC(C)C(=O)OCCC(=O)Oc1ccc(-c2ccc(C#N)cc2)cc1)C(=O)OC(C)C. The number of rotatable bonds is 13. The summed E-state index contributed by atoms with van der Waals surface area (Å²) in [6.45, 7) is 9.79. The van der Waals surface area contributed by atoms with Crippen LogP contribution in [0.5, 0.6) is 5.75 Å². The van der Waals surface area contributed by atoms with E-state index in [2.05, 4.69) is 6.07 Å². The van der Waals surface area contributed by atoms with Crippen LogP contribution in [0.2, 0.25) is 0 Å². The average molecular weight is 552 g/mol. The summed E-state index contributed by atoms with van der Waals surface area (Å²) in [4.78, 5) is 50.0. The molecule has 40 heavy (non-hydrogen) atoms. The molecule has 0 saturated carbocycles. The zero-order chi connectivity index (χ0) is 29.8. The predicted molar refractivity (Wildman–Crippen MR) is 147 cm³/mol. The van der Waals surface area contributed by atoms with Crippen LogP contribution >= 0.6 is 0 Å². The molecule has 0 N–H and O–H groups in total. The van der Waals surface area contributed by atoms with E-state index in [1.807, 2.05) is 12.1 Å². The second kappa shape index (κ2) is 15.4. The molecular weight excluding hydrogens is 514 g/mol. The van der Waals surface area contributed by atoms with Crippen LogP contribution in [0.25, 0.3) is 11.1 Å². The summed E-state index contributed by atoms with van der Waals surface area (Å²) in [5.74, 6) is -4.41. The molecule has 0 heterocycles. The Morgan fingerprint density at radius 3 is 1.80 bits per heavy atom. The third kappa shape index (κ3) is 10.2. The molecule has 0 spiro atoms. The van der Waals surface area contributed by atoms with Crippen molar-refractivity contribution in [1.29, 1.82) is 5.26 Å². The van der Waals surface area contributed by atoms with Crippen molar-refractivity contribution >= 4 is 23.9 Å². The molecule has 9 nitrogen and oxygen atoms in total. The molecule has 0 aliphatic carbocycles. The Bertz CT molecular complexity index is 1200. The summed E-state index contributed by atoms with van der Waals surface area (Å²) >= 11 is 0. The second-order valence-electron chi connectivity index (χ2n) is 10.1. The van der Waals surface area contributed by atoms with Crippen LogP contribution in [0.4, 0.5) is 0 Å². The van der Waals surface area contributed by atoms with Gasteiger partial charge in [0.1, 0.15) is 12.4 Å². The third-order valence-electron chi connectivity index (χ3n) is 5.98. The Morgan fingerprint density at radius 1 is 0.750 bits per heavy atom. The lowest BCUT2D eigenvalue weighted by molar-refractivity contribution is -0.166. The fourth-order valence-electron chi connectivity index (χ4n) is 3.82. The van der Waals surface area contributed by atoms with Gasteiger partial charge in [0.2, 0.25) is 0 Å². The number of carbonyl (C=O) groups is 4. The summed E-state index contributed by atoms with van der Waals surface area (Å²) in [7, 11) is 0. The van der Waals surface area contributed by atoms with Crippen LogP contribution in [-0.2, 0) is 33.4 Å². The van der Waals surface area contributed by atoms with Crippen molar-refractivity contribution in [2.45, 2.75) is 66.6 Å². The van der Waals surface area contributed by atoms with Gasteiger partial charge in [-0.15, -0.1) is 0 Å². The molecule has 2 rings (SSSR count). The highest BCUT2D eigenvalue weighted by Crippen LogP contribution is 2.26. The van der Waals surface area contributed by atoms with Crippen LogP contribution in [-0.4, -0.2) is 42.7 Å². The minimum Gasteiger partial charge on any atom is -0.465 e. The number of nitrogens with zero attached hydrogens (tertiary/aromatic N) is 1. The van der Waals surface area contributed by atoms with E-state index in [0.717, 1.165) is 11.1 Å². The molecule has 2 aromatic rings. The summed E-state index contributed by atoms with van der Waals surface area (Å²) in [5.41, 5.74) is 2.39. The topological polar surface area (TPSA) is 129 Å². The first-order valence-electron chi connectivity index (χ1n) is 13.3. The Kier molecular flexibility index (Phi) is 12.3. The van der Waals surface area contributed by atoms with E-state index >= 15 is 0 Å². The number of nitriles is 1. The van der Waals surface area contributed by atoms with Gasteiger partial charge in [-0.2, -0.15) is 5.26 Å². The van der Waals surface area contributed by atoms with Gasteiger partial charge in [0.05, 0.1) is 48.0 Å². The van der Waals surface area contributed by atoms with Crippen LogP contribution in [0.15, 0.2) is 48.5 Å². The van der Waals surface area contributed by atoms with Crippen LogP contribution in [0.3, 0.4) is 0 Å². The van der Waals surface area contributed by atoms with Crippen LogP contribution in [0, 0.1) is 29.1 Å². The molecule has 0 radical (unpaired) electrons. The molecule has 0 saturated heterocycles. The summed E-state index contributed by atoms with van der Waals surface area (Å²) < 4.78 is 21.1. The van der Waals surface area contributed by atoms with E-state index in [1.54, 1.807) is 77.9 Å². The van der Waals surface area contributed by atoms with Crippen molar-refractivity contribution in [3.63, 3.8) is 0 Å². The lowest BCUT2D eigenvalue weighted by Crippen LogP contribution is -2.35. The zero-order valence-electron chi connectivity index (χ0n) is 23.8. The lowest BCUT2D eigenvalue weighted by Gasteiger charge is -2.25. The van der Waals surface area contributed by atoms with Crippen molar-refractivity contribution in [2.24, 2.45) is 17.8 Å². The molecule has 0 aliphatic heterocycles. The van der Waals surface area contributed by atoms with E-state index in [0.29, 0.717) is 11.3 Å². The van der Waals surface area contributed by atoms with E-state index in [4.69, 9.17) is 24.2 Å². The van der Waals surface area contributed by atoms with Gasteiger partial charge in [0.15, 0.2) is 0 Å². The summed E-state index contributed by atoms with van der Waals surface area (Å²) in [6, 6.07) is 16.1. The van der Waals surface area contributed by atoms with E-state index in [9.17, 15) is 19.2 Å². The highest BCUT2D eigenvalue weighted by atomic mass is 16.6. The standard InChI is InChI=1S/C31H37NO8/c1-19(2)38-30(35)22(6)27(31(36)39-20(3)4)17-21(5)29(34)37-16-15-28(33)40-26-13-11-25(12-14-26)24-9-7-23(18-32)8-10-24/h7-14,19-22,27H,15-17H2,1-6H3. The van der Waals surface area contributed by atoms with Gasteiger partial charge in [-0.1, -0.05) is 38.1 Å². The number of hydrogen-bond donors (Lipinski definition) is 0. The Balaban J connectivity index is 1.87. The zero-order valence-corrected chi connectivity index (χ0v) is 23.8. The molecule has 3 unspecified atom stereocenters. The van der Waals surface area contributed by atoms with Gasteiger partial charge >= 0.3 is 23.9 Å². The molecule has 0 fully saturated rings. The van der Waals surface area contributed by atoms with Gasteiger partial charge in [-0.3, -0.25) is 19.2 Å². The molecule has 0 bridgehead atoms. The minimum absolute atomic E-state index is 0.0226. The normalized spacial score (nSPS) is 13.1. The molecular formula is C31H37NO8. The van der Waals surface area contributed by atoms with Crippen molar-refractivity contribution in [3.05, 3.63) is 54.1 Å². The first kappa shape index (κ1) is 32.0. The number of benzene rings is 2. The highest BCUT2D eigenvalue weighted by Gasteiger charge is 2.36. The Labute approximate surface area is 235 Å². The maximum atomic E-state index is 12.7. The number of hydrogen-bond acceptors (Lipinski definition) is 9. The lowest BCUT2D eigenvalue weighted by atomic mass is 9.85. The highest BCUT2D eigenvalue weighted by molar-refractivity contribution is 5.83. The smallest absolute Gasteiger partial charge is 0.314 e. The van der Waals surface area contributed by atoms with Gasteiger partial charge in [-0.25, -0.2) is 0 Å². The van der Waals surface area contributed by atoms with Gasteiger partial charge in [0.25, 0.3) is 0 Å². The van der Waals surface area contributed by atoms with E-state index in [1.165, 1.54) is 0 Å². The first-order valence-corrected chi connectivity index (χ1v) is 13.3. The van der Waals surface area contributed by atoms with Crippen molar-refractivity contribution in [2.75, 3.05) is 6.61 Å². The fourth-order valence-corrected chi connectivity index (χ4v) is 3.82. The molecule has 2 aromatic carbocycles. The number of ether oxygens (including phenoxy) is 4. The molecule has 9 heteroatoms. The van der Waals surface area contributed by atoms with Crippen molar-refractivity contribution < 1.29 is 38.1 Å². The van der Waals surface area contributed by atoms with E-state index in [-0.39, 0.29) is 31.7 Å². The molecule has 0 amide bonds. The van der Waals surface area contributed by atoms with E-state index < -0.39 is 41.6 Å². The third-order valence-corrected chi connectivity index (χ3v) is 5.98. The summed E-state index contributed by atoms with van der Waals surface area (Å²) in [6.07, 6.45) is -0.872. The van der Waals surface area contributed by atoms with Crippen LogP contribution in [0.1, 0.15) is 59.9 Å². The molecule has 0 aromatic heterocycles. The van der Waals surface area contributed by atoms with Crippen molar-refractivity contribution in [1.82, 2.24) is 0 Å². The number of carbonyl (C=O) groups excluding carboxylic acids is 4. The number of esters is 4. The average Bonchev–Trinajstić information content (AvgIpc) is 2.90. The maximum absolute atomic E-state index is 12.7. The quantitative estimate of drug-likeness (QED) is 0.186. The second-order valence-corrected chi connectivity index (χ2v) is 10.1. The maximum Gasteiger partial charge on any atom is 0.314 e. The largest absolute Gasteiger partial charge is 0.465 e. The fraction of sp³-hybridized carbons (Fsp3) is 0.452. The minimum atomic E-state index is -0.895. The first-order chi connectivity index (χ1) is 18.9. The molecule has 3 atom stereocenters. The van der Waals surface area contributed by atoms with Crippen LogP contribution < -0.4 is 4.74 Å². The monoisotopic (exact) mass is 551 g/mol. The predicted octanol–water partition coefficient (Wildman–Crippen LogP) is 5.25. The van der Waals surface area contributed by atoms with Gasteiger partial charge in [0, 0.05) is 0 Å². The van der Waals surface area contributed by atoms with Gasteiger partial charge in [-0.05, 0) is 69.5 Å². The van der Waals surface area contributed by atoms with Crippen molar-refractivity contribution in [3.8, 4) is 22.9 Å². The summed E-state index contributed by atoms with van der Waals surface area (Å²) in [5, 5.41) is 8.92.